The summed E-state index contributed by atoms with van der Waals surface area (Å²) in [5.41, 5.74) is 3.05. The molecule has 2 amide bonds. The number of rotatable bonds is 6. The van der Waals surface area contributed by atoms with E-state index in [0.717, 1.165) is 17.6 Å². The Hall–Kier alpha value is -2.41. The van der Waals surface area contributed by atoms with Gasteiger partial charge in [0.25, 0.3) is 5.91 Å². The molecule has 1 aromatic carbocycles. The van der Waals surface area contributed by atoms with Crippen LogP contribution in [0.2, 0.25) is 0 Å². The number of carbonyl (C=O) groups excluding carboxylic acids is 2. The van der Waals surface area contributed by atoms with Crippen molar-refractivity contribution in [2.75, 3.05) is 12.3 Å². The van der Waals surface area contributed by atoms with Crippen LogP contribution in [0.4, 0.5) is 0 Å². The minimum atomic E-state index is -0.218. The molecule has 1 atom stereocenters. The summed E-state index contributed by atoms with van der Waals surface area (Å²) in [5, 5.41) is 4.47. The molecule has 7 heteroatoms. The zero-order valence-electron chi connectivity index (χ0n) is 14.9. The molecule has 1 aliphatic heterocycles. The van der Waals surface area contributed by atoms with Crippen molar-refractivity contribution in [3.05, 3.63) is 36.0 Å². The van der Waals surface area contributed by atoms with Gasteiger partial charge in [-0.2, -0.15) is 4.99 Å². The zero-order valence-corrected chi connectivity index (χ0v) is 15.7. The number of amides is 2. The van der Waals surface area contributed by atoms with Crippen LogP contribution in [-0.4, -0.2) is 40.0 Å². The lowest BCUT2D eigenvalue weighted by molar-refractivity contribution is -0.120. The standard InChI is InChI=1S/C19H22N4O2S/c1-3-14-12(2)22-19(23-18(14)25)26-11-17(24)20-9-8-13-10-21-16-7-5-4-6-15(13)16/h4-7,10,14,21H,3,8-9,11H2,1-2H3,(H,20,24). The second-order valence-corrected chi connectivity index (χ2v) is 7.14. The van der Waals surface area contributed by atoms with Gasteiger partial charge in [0.05, 0.1) is 11.7 Å². The number of nitrogens with zero attached hydrogens (tertiary/aromatic N) is 2. The molecule has 0 fully saturated rings. The van der Waals surface area contributed by atoms with Gasteiger partial charge in [0.2, 0.25) is 5.91 Å². The van der Waals surface area contributed by atoms with Gasteiger partial charge >= 0.3 is 0 Å². The molecule has 1 aliphatic rings. The summed E-state index contributed by atoms with van der Waals surface area (Å²) in [7, 11) is 0. The first-order chi connectivity index (χ1) is 12.6. The van der Waals surface area contributed by atoms with Crippen molar-refractivity contribution in [2.24, 2.45) is 15.9 Å². The Morgan fingerprint density at radius 2 is 2.12 bits per heavy atom. The predicted molar refractivity (Wildman–Crippen MR) is 107 cm³/mol. The lowest BCUT2D eigenvalue weighted by Gasteiger charge is -2.15. The highest BCUT2D eigenvalue weighted by molar-refractivity contribution is 8.14. The van der Waals surface area contributed by atoms with E-state index in [1.54, 1.807) is 0 Å². The minimum Gasteiger partial charge on any atom is -0.361 e. The Morgan fingerprint density at radius 1 is 1.31 bits per heavy atom. The van der Waals surface area contributed by atoms with Crippen LogP contribution in [0.1, 0.15) is 25.8 Å². The Bertz CT molecular complexity index is 885. The number of hydrogen-bond donors (Lipinski definition) is 2. The van der Waals surface area contributed by atoms with Crippen LogP contribution in [0.25, 0.3) is 10.9 Å². The fourth-order valence-corrected chi connectivity index (χ4v) is 3.72. The average Bonchev–Trinajstić information content (AvgIpc) is 3.03. The monoisotopic (exact) mass is 370 g/mol. The number of carbonyl (C=O) groups is 2. The number of H-pyrrole nitrogens is 1. The first-order valence-electron chi connectivity index (χ1n) is 8.70. The van der Waals surface area contributed by atoms with E-state index in [9.17, 15) is 9.59 Å². The summed E-state index contributed by atoms with van der Waals surface area (Å²) in [6.07, 6.45) is 3.44. The van der Waals surface area contributed by atoms with Crippen LogP contribution in [0, 0.1) is 5.92 Å². The number of thioether (sulfide) groups is 1. The van der Waals surface area contributed by atoms with E-state index in [1.807, 2.05) is 38.2 Å². The third-order valence-corrected chi connectivity index (χ3v) is 5.26. The smallest absolute Gasteiger partial charge is 0.256 e. The Kier molecular flexibility index (Phi) is 5.88. The van der Waals surface area contributed by atoms with Crippen LogP contribution < -0.4 is 5.32 Å². The van der Waals surface area contributed by atoms with Crippen LogP contribution in [0.5, 0.6) is 0 Å². The van der Waals surface area contributed by atoms with Crippen molar-refractivity contribution < 1.29 is 9.59 Å². The third kappa shape index (κ3) is 4.22. The summed E-state index contributed by atoms with van der Waals surface area (Å²) in [4.78, 5) is 35.5. The van der Waals surface area contributed by atoms with Gasteiger partial charge in [0.15, 0.2) is 5.17 Å². The second-order valence-electron chi connectivity index (χ2n) is 6.19. The first kappa shape index (κ1) is 18.4. The number of para-hydroxylation sites is 1. The number of aromatic nitrogens is 1. The van der Waals surface area contributed by atoms with Crippen molar-refractivity contribution in [2.45, 2.75) is 26.7 Å². The molecule has 2 N–H and O–H groups in total. The van der Waals surface area contributed by atoms with Crippen molar-refractivity contribution in [1.82, 2.24) is 10.3 Å². The summed E-state index contributed by atoms with van der Waals surface area (Å²) in [6.45, 7) is 4.34. The van der Waals surface area contributed by atoms with E-state index in [4.69, 9.17) is 0 Å². The maximum absolute atomic E-state index is 12.0. The maximum Gasteiger partial charge on any atom is 0.256 e. The number of hydrogen-bond acceptors (Lipinski definition) is 4. The van der Waals surface area contributed by atoms with Gasteiger partial charge < -0.3 is 10.3 Å². The fourth-order valence-electron chi connectivity index (χ4n) is 3.00. The van der Waals surface area contributed by atoms with Gasteiger partial charge in [-0.3, -0.25) is 9.59 Å². The number of aliphatic imine (C=N–C) groups is 2. The minimum absolute atomic E-state index is 0.0875. The first-order valence-corrected chi connectivity index (χ1v) is 9.69. The summed E-state index contributed by atoms with van der Waals surface area (Å²) in [6, 6.07) is 8.10. The van der Waals surface area contributed by atoms with E-state index in [1.165, 1.54) is 22.7 Å². The molecule has 6 nitrogen and oxygen atoms in total. The molecule has 0 saturated carbocycles. The molecule has 0 bridgehead atoms. The fraction of sp³-hybridized carbons (Fsp3) is 0.368. The van der Waals surface area contributed by atoms with Crippen LogP contribution >= 0.6 is 11.8 Å². The Morgan fingerprint density at radius 3 is 2.88 bits per heavy atom. The third-order valence-electron chi connectivity index (χ3n) is 4.41. The number of fused-ring (bicyclic) bond motifs is 1. The number of nitrogens with one attached hydrogen (secondary N) is 2. The van der Waals surface area contributed by atoms with E-state index in [2.05, 4.69) is 26.4 Å². The lowest BCUT2D eigenvalue weighted by Crippen LogP contribution is -2.29. The molecule has 2 aromatic rings. The SMILES string of the molecule is CCC1C(=O)N=C(SCC(=O)NCCc2c[nH]c3ccccc23)N=C1C. The van der Waals surface area contributed by atoms with Crippen molar-refractivity contribution in [1.29, 1.82) is 0 Å². The van der Waals surface area contributed by atoms with E-state index < -0.39 is 0 Å². The molecule has 0 spiro atoms. The van der Waals surface area contributed by atoms with Crippen molar-refractivity contribution >= 4 is 45.4 Å². The predicted octanol–water partition coefficient (Wildman–Crippen LogP) is 2.94. The molecule has 1 unspecified atom stereocenters. The van der Waals surface area contributed by atoms with Crippen molar-refractivity contribution in [3.63, 3.8) is 0 Å². The van der Waals surface area contributed by atoms with Crippen LogP contribution in [0.15, 0.2) is 40.4 Å². The van der Waals surface area contributed by atoms with Gasteiger partial charge in [0, 0.05) is 29.4 Å². The normalized spacial score (nSPS) is 17.2. The molecule has 136 valence electrons. The van der Waals surface area contributed by atoms with Crippen molar-refractivity contribution in [3.8, 4) is 0 Å². The highest BCUT2D eigenvalue weighted by Crippen LogP contribution is 2.19. The molecule has 26 heavy (non-hydrogen) atoms. The maximum atomic E-state index is 12.0. The zero-order chi connectivity index (χ0) is 18.5. The van der Waals surface area contributed by atoms with Crippen LogP contribution in [0.3, 0.4) is 0 Å². The molecule has 1 aromatic heterocycles. The van der Waals surface area contributed by atoms with Gasteiger partial charge in [-0.1, -0.05) is 36.9 Å². The molecule has 0 aliphatic carbocycles. The van der Waals surface area contributed by atoms with Gasteiger partial charge in [-0.25, -0.2) is 4.99 Å². The van der Waals surface area contributed by atoms with E-state index in [-0.39, 0.29) is 23.5 Å². The molecule has 3 rings (SSSR count). The van der Waals surface area contributed by atoms with Crippen LogP contribution in [-0.2, 0) is 16.0 Å². The highest BCUT2D eigenvalue weighted by atomic mass is 32.2. The highest BCUT2D eigenvalue weighted by Gasteiger charge is 2.24. The van der Waals surface area contributed by atoms with Gasteiger partial charge in [-0.05, 0) is 31.4 Å². The molecule has 0 radical (unpaired) electrons. The molecule has 0 saturated heterocycles. The van der Waals surface area contributed by atoms with Gasteiger partial charge in [0.1, 0.15) is 0 Å². The van der Waals surface area contributed by atoms with E-state index in [0.29, 0.717) is 18.1 Å². The second kappa shape index (κ2) is 8.31. The number of amidine groups is 1. The quantitative estimate of drug-likeness (QED) is 0.820. The Labute approximate surface area is 156 Å². The topological polar surface area (TPSA) is 86.7 Å². The average molecular weight is 370 g/mol. The van der Waals surface area contributed by atoms with Gasteiger partial charge in [-0.15, -0.1) is 0 Å². The summed E-state index contributed by atoms with van der Waals surface area (Å²) < 4.78 is 0. The Balaban J connectivity index is 1.46. The molecule has 2 heterocycles. The lowest BCUT2D eigenvalue weighted by atomic mass is 10.0. The number of benzene rings is 1. The molecular formula is C19H22N4O2S. The molecular weight excluding hydrogens is 348 g/mol. The largest absolute Gasteiger partial charge is 0.361 e. The van der Waals surface area contributed by atoms with E-state index >= 15 is 0 Å². The summed E-state index contributed by atoms with van der Waals surface area (Å²) in [5.74, 6) is -0.268. The number of aromatic amines is 1. The summed E-state index contributed by atoms with van der Waals surface area (Å²) >= 11 is 1.20.